The fourth-order valence-corrected chi connectivity index (χ4v) is 3.10. The van der Waals surface area contributed by atoms with Crippen molar-refractivity contribution in [3.63, 3.8) is 0 Å². The van der Waals surface area contributed by atoms with Gasteiger partial charge in [0.05, 0.1) is 69.7 Å². The lowest BCUT2D eigenvalue weighted by Crippen LogP contribution is -2.15. The maximum Gasteiger partial charge on any atom is 0.416 e. The van der Waals surface area contributed by atoms with E-state index in [-0.39, 0.29) is 24.5 Å². The Morgan fingerprint density at radius 2 is 1.34 bits per heavy atom. The first-order chi connectivity index (χ1) is 16.9. The number of carbonyl (C=O) groups is 1. The molecule has 0 heterocycles. The first-order valence-corrected chi connectivity index (χ1v) is 12.5. The van der Waals surface area contributed by atoms with Crippen molar-refractivity contribution < 1.29 is 41.7 Å². The van der Waals surface area contributed by atoms with Crippen LogP contribution in [0, 0.1) is 0 Å². The van der Waals surface area contributed by atoms with Crippen LogP contribution in [0.5, 0.6) is 0 Å². The Hall–Kier alpha value is -1.93. The Kier molecular flexibility index (Phi) is 14.0. The van der Waals surface area contributed by atoms with Gasteiger partial charge in [-0.2, -0.15) is 13.2 Å². The normalized spacial score (nSPS) is 11.4. The van der Waals surface area contributed by atoms with Gasteiger partial charge in [0.25, 0.3) is 0 Å². The fraction of sp³-hybridized carbons (Fsp3) is 0.458. The molecule has 0 aliphatic carbocycles. The summed E-state index contributed by atoms with van der Waals surface area (Å²) in [6.07, 6.45) is -4.46. The molecule has 0 amide bonds. The maximum atomic E-state index is 13.0. The molecule has 0 atom stereocenters. The van der Waals surface area contributed by atoms with Crippen LogP contribution >= 0.6 is 22.6 Å². The van der Waals surface area contributed by atoms with Crippen molar-refractivity contribution in [2.45, 2.75) is 6.18 Å². The summed E-state index contributed by atoms with van der Waals surface area (Å²) in [6, 6.07) is 11.2. The lowest BCUT2D eigenvalue weighted by atomic mass is 10.1. The van der Waals surface area contributed by atoms with Crippen molar-refractivity contribution in [2.75, 3.05) is 69.2 Å². The van der Waals surface area contributed by atoms with Gasteiger partial charge in [-0.3, -0.25) is 0 Å². The number of ether oxygens (including phenoxy) is 5. The number of para-hydroxylation sites is 1. The van der Waals surface area contributed by atoms with Gasteiger partial charge in [0.1, 0.15) is 6.61 Å². The van der Waals surface area contributed by atoms with Gasteiger partial charge in [-0.25, -0.2) is 4.79 Å². The quantitative estimate of drug-likeness (QED) is 0.115. The minimum atomic E-state index is -4.46. The van der Waals surface area contributed by atoms with E-state index < -0.39 is 17.7 Å². The molecule has 2 rings (SSSR count). The number of hydrogen-bond donors (Lipinski definition) is 1. The van der Waals surface area contributed by atoms with Gasteiger partial charge in [0.2, 0.25) is 0 Å². The highest BCUT2D eigenvalue weighted by Crippen LogP contribution is 2.32. The van der Waals surface area contributed by atoms with E-state index in [4.69, 9.17) is 23.7 Å². The third-order valence-electron chi connectivity index (χ3n) is 4.41. The van der Waals surface area contributed by atoms with Crippen LogP contribution in [-0.2, 0) is 29.9 Å². The van der Waals surface area contributed by atoms with Crippen molar-refractivity contribution in [2.24, 2.45) is 0 Å². The number of benzene rings is 2. The minimum absolute atomic E-state index is 0.0249. The predicted molar refractivity (Wildman–Crippen MR) is 134 cm³/mol. The molecule has 194 valence electrons. The number of nitrogens with one attached hydrogen (secondary N) is 1. The highest BCUT2D eigenvalue weighted by atomic mass is 127. The molecule has 0 radical (unpaired) electrons. The van der Waals surface area contributed by atoms with Crippen LogP contribution in [0.2, 0.25) is 0 Å². The summed E-state index contributed by atoms with van der Waals surface area (Å²) in [4.78, 5) is 12.5. The Balaban J connectivity index is 1.64. The largest absolute Gasteiger partial charge is 0.460 e. The third kappa shape index (κ3) is 12.0. The second-order valence-electron chi connectivity index (χ2n) is 7.02. The summed E-state index contributed by atoms with van der Waals surface area (Å²) in [6.45, 7) is 3.66. The SMILES string of the molecule is O=C(OCCOCCOCCOCCOCCI)c1ccccc1Nc1cccc(C(F)(F)F)c1. The van der Waals surface area contributed by atoms with Crippen LogP contribution in [0.3, 0.4) is 0 Å². The summed E-state index contributed by atoms with van der Waals surface area (Å²) < 4.78 is 66.4. The zero-order valence-electron chi connectivity index (χ0n) is 19.2. The average molecular weight is 611 g/mol. The average Bonchev–Trinajstić information content (AvgIpc) is 2.84. The Bertz CT molecular complexity index is 884. The smallest absolute Gasteiger partial charge is 0.416 e. The van der Waals surface area contributed by atoms with Gasteiger partial charge in [-0.05, 0) is 30.3 Å². The summed E-state index contributed by atoms with van der Waals surface area (Å²) in [5, 5.41) is 2.85. The van der Waals surface area contributed by atoms with E-state index in [0.717, 1.165) is 23.2 Å². The molecular weight excluding hydrogens is 582 g/mol. The molecule has 7 nitrogen and oxygen atoms in total. The number of esters is 1. The molecule has 0 unspecified atom stereocenters. The van der Waals surface area contributed by atoms with Crippen molar-refractivity contribution in [1.29, 1.82) is 0 Å². The van der Waals surface area contributed by atoms with Crippen molar-refractivity contribution in [3.8, 4) is 0 Å². The summed E-state index contributed by atoms with van der Waals surface area (Å²) in [7, 11) is 0. The van der Waals surface area contributed by atoms with Crippen LogP contribution in [0.15, 0.2) is 48.5 Å². The number of halogens is 4. The van der Waals surface area contributed by atoms with E-state index in [1.807, 2.05) is 0 Å². The fourth-order valence-electron chi connectivity index (χ4n) is 2.79. The van der Waals surface area contributed by atoms with Crippen molar-refractivity contribution >= 4 is 39.9 Å². The van der Waals surface area contributed by atoms with Gasteiger partial charge in [0.15, 0.2) is 0 Å². The molecule has 1 N–H and O–H groups in total. The lowest BCUT2D eigenvalue weighted by Gasteiger charge is -2.13. The number of anilines is 2. The van der Waals surface area contributed by atoms with E-state index in [2.05, 4.69) is 27.9 Å². The van der Waals surface area contributed by atoms with Crippen LogP contribution in [0.4, 0.5) is 24.5 Å². The molecule has 0 spiro atoms. The van der Waals surface area contributed by atoms with Gasteiger partial charge >= 0.3 is 12.1 Å². The molecule has 0 saturated carbocycles. The first kappa shape index (κ1) is 29.3. The second kappa shape index (κ2) is 16.7. The van der Waals surface area contributed by atoms with Crippen molar-refractivity contribution in [3.05, 3.63) is 59.7 Å². The van der Waals surface area contributed by atoms with Crippen LogP contribution < -0.4 is 5.32 Å². The number of carbonyl (C=O) groups excluding carboxylic acids is 1. The van der Waals surface area contributed by atoms with E-state index in [1.165, 1.54) is 18.2 Å². The minimum Gasteiger partial charge on any atom is -0.460 e. The van der Waals surface area contributed by atoms with Gasteiger partial charge in [-0.15, -0.1) is 0 Å². The van der Waals surface area contributed by atoms with Crippen LogP contribution in [0.25, 0.3) is 0 Å². The molecule has 0 saturated heterocycles. The van der Waals surface area contributed by atoms with Crippen LogP contribution in [0.1, 0.15) is 15.9 Å². The third-order valence-corrected chi connectivity index (χ3v) is 4.85. The molecule has 2 aromatic carbocycles. The number of hydrogen-bond acceptors (Lipinski definition) is 7. The maximum absolute atomic E-state index is 13.0. The molecule has 0 aromatic heterocycles. The molecular formula is C24H29F3INO6. The molecule has 35 heavy (non-hydrogen) atoms. The topological polar surface area (TPSA) is 75.3 Å². The molecule has 0 aliphatic heterocycles. The molecule has 0 aliphatic rings. The molecule has 11 heteroatoms. The van der Waals surface area contributed by atoms with Gasteiger partial charge in [-0.1, -0.05) is 40.8 Å². The van der Waals surface area contributed by atoms with E-state index in [1.54, 1.807) is 18.2 Å². The Morgan fingerprint density at radius 1 is 0.771 bits per heavy atom. The Morgan fingerprint density at radius 3 is 1.94 bits per heavy atom. The van der Waals surface area contributed by atoms with Gasteiger partial charge < -0.3 is 29.0 Å². The standard InChI is InChI=1S/C24H29F3INO6/c25-24(26,27)19-4-3-5-20(18-19)29-22-7-2-1-6-21(22)23(30)35-17-16-34-15-14-33-13-12-32-11-10-31-9-8-28/h1-7,18,29H,8-17H2. The summed E-state index contributed by atoms with van der Waals surface area (Å²) in [5.74, 6) is -0.612. The first-order valence-electron chi connectivity index (χ1n) is 11.0. The number of alkyl halides is 4. The zero-order chi connectivity index (χ0) is 25.4. The van der Waals surface area contributed by atoms with E-state index in [0.29, 0.717) is 45.3 Å². The predicted octanol–water partition coefficient (Wildman–Crippen LogP) is 5.11. The van der Waals surface area contributed by atoms with Crippen molar-refractivity contribution in [1.82, 2.24) is 0 Å². The summed E-state index contributed by atoms with van der Waals surface area (Å²) >= 11 is 2.24. The van der Waals surface area contributed by atoms with Crippen LogP contribution in [-0.4, -0.2) is 69.9 Å². The lowest BCUT2D eigenvalue weighted by molar-refractivity contribution is -0.137. The molecule has 0 bridgehead atoms. The Labute approximate surface area is 216 Å². The zero-order valence-corrected chi connectivity index (χ0v) is 21.3. The number of rotatable bonds is 17. The highest BCUT2D eigenvalue weighted by Gasteiger charge is 2.30. The van der Waals surface area contributed by atoms with E-state index >= 15 is 0 Å². The molecule has 2 aromatic rings. The monoisotopic (exact) mass is 611 g/mol. The highest BCUT2D eigenvalue weighted by molar-refractivity contribution is 14.1. The summed E-state index contributed by atoms with van der Waals surface area (Å²) in [5.41, 5.74) is -0.0378. The second-order valence-corrected chi connectivity index (χ2v) is 8.10. The molecule has 0 fully saturated rings. The van der Waals surface area contributed by atoms with E-state index in [9.17, 15) is 18.0 Å². The van der Waals surface area contributed by atoms with Gasteiger partial charge in [0, 0.05) is 10.1 Å².